The number of para-hydroxylation sites is 1. The maximum Gasteiger partial charge on any atom is 0.482 e. The maximum atomic E-state index is 13.7. The Hall–Kier alpha value is -2.20. The quantitative estimate of drug-likeness (QED) is 0.373. The van der Waals surface area contributed by atoms with Crippen molar-refractivity contribution in [2.24, 2.45) is 17.3 Å². The number of hydrogen-bond donors (Lipinski definition) is 1. The fraction of sp³-hybridized carbons (Fsp3) is 0.714. The van der Waals surface area contributed by atoms with E-state index in [1.807, 2.05) is 0 Å². The Labute approximate surface area is 224 Å². The van der Waals surface area contributed by atoms with E-state index in [1.165, 1.54) is 7.11 Å². The molecule has 5 rings (SSSR count). The summed E-state index contributed by atoms with van der Waals surface area (Å²) in [6.07, 6.45) is 0.948. The summed E-state index contributed by atoms with van der Waals surface area (Å²) in [6, 6.07) is 5.07. The fourth-order valence-electron chi connectivity index (χ4n) is 6.54. The van der Waals surface area contributed by atoms with E-state index in [0.717, 1.165) is 12.8 Å². The average molecular weight is 535 g/mol. The smallest absolute Gasteiger partial charge is 0.482 e. The molecule has 1 aromatic carbocycles. The summed E-state index contributed by atoms with van der Waals surface area (Å²) < 4.78 is 51.4. The van der Waals surface area contributed by atoms with Crippen molar-refractivity contribution in [3.8, 4) is 5.75 Å². The zero-order chi connectivity index (χ0) is 28.3. The van der Waals surface area contributed by atoms with Crippen molar-refractivity contribution >= 4 is 19.0 Å². The van der Waals surface area contributed by atoms with Gasteiger partial charge < -0.3 is 24.1 Å². The molecular formula is C28H40BF2NO6. The highest BCUT2D eigenvalue weighted by Gasteiger charge is 2.68. The molecule has 10 heteroatoms. The van der Waals surface area contributed by atoms with Crippen molar-refractivity contribution in [3.63, 3.8) is 0 Å². The normalized spacial score (nSPS) is 28.7. The van der Waals surface area contributed by atoms with E-state index in [-0.39, 0.29) is 23.5 Å². The molecule has 1 aliphatic heterocycles. The SMILES string of the molecule is COc1c(CC(NC(=O)CC(C)(F)F)B2OC3CC4CC(C4(C)C)C3(C)O2)cccc1C(=O)OC(C)(C)C. The van der Waals surface area contributed by atoms with Crippen LogP contribution >= 0.6 is 0 Å². The summed E-state index contributed by atoms with van der Waals surface area (Å²) in [5, 5.41) is 2.74. The number of carbonyl (C=O) groups is 2. The van der Waals surface area contributed by atoms with Gasteiger partial charge in [-0.15, -0.1) is 0 Å². The predicted octanol–water partition coefficient (Wildman–Crippen LogP) is 4.99. The van der Waals surface area contributed by atoms with Crippen LogP contribution in [0.25, 0.3) is 0 Å². The van der Waals surface area contributed by atoms with Gasteiger partial charge in [0.1, 0.15) is 16.9 Å². The Morgan fingerprint density at radius 2 is 1.87 bits per heavy atom. The second kappa shape index (κ2) is 9.77. The Morgan fingerprint density at radius 1 is 1.18 bits per heavy atom. The van der Waals surface area contributed by atoms with Gasteiger partial charge >= 0.3 is 13.1 Å². The number of methoxy groups -OCH3 is 1. The van der Waals surface area contributed by atoms with Gasteiger partial charge in [-0.1, -0.05) is 26.0 Å². The average Bonchev–Trinajstić information content (AvgIpc) is 3.13. The van der Waals surface area contributed by atoms with Crippen LogP contribution < -0.4 is 10.1 Å². The number of alkyl halides is 2. The topological polar surface area (TPSA) is 83.1 Å². The first kappa shape index (κ1) is 28.8. The Morgan fingerprint density at radius 3 is 2.45 bits per heavy atom. The third kappa shape index (κ3) is 5.57. The molecule has 4 aliphatic rings. The summed E-state index contributed by atoms with van der Waals surface area (Å²) in [5.41, 5.74) is -0.283. The number of carbonyl (C=O) groups excluding carboxylic acids is 2. The van der Waals surface area contributed by atoms with Crippen LogP contribution in [-0.4, -0.2) is 55.3 Å². The van der Waals surface area contributed by atoms with Crippen LogP contribution in [0.15, 0.2) is 18.2 Å². The first-order valence-electron chi connectivity index (χ1n) is 13.3. The van der Waals surface area contributed by atoms with Crippen molar-refractivity contribution in [3.05, 3.63) is 29.3 Å². The van der Waals surface area contributed by atoms with Gasteiger partial charge in [0.25, 0.3) is 5.92 Å². The van der Waals surface area contributed by atoms with Gasteiger partial charge in [0.15, 0.2) is 0 Å². The number of halogens is 2. The Kier molecular flexibility index (Phi) is 7.41. The summed E-state index contributed by atoms with van der Waals surface area (Å²) >= 11 is 0. The minimum absolute atomic E-state index is 0.123. The molecule has 7 nitrogen and oxygen atoms in total. The van der Waals surface area contributed by atoms with Crippen LogP contribution in [0.1, 0.15) is 83.7 Å². The zero-order valence-corrected chi connectivity index (χ0v) is 23.7. The minimum atomic E-state index is -3.16. The molecule has 1 heterocycles. The van der Waals surface area contributed by atoms with E-state index in [9.17, 15) is 18.4 Å². The minimum Gasteiger partial charge on any atom is -0.496 e. The molecule has 1 N–H and O–H groups in total. The molecule has 3 aliphatic carbocycles. The Balaban J connectivity index is 1.62. The van der Waals surface area contributed by atoms with Crippen LogP contribution in [0.3, 0.4) is 0 Å². The van der Waals surface area contributed by atoms with Gasteiger partial charge in [0, 0.05) is 0 Å². The van der Waals surface area contributed by atoms with Crippen LogP contribution in [0.2, 0.25) is 0 Å². The van der Waals surface area contributed by atoms with E-state index in [2.05, 4.69) is 26.1 Å². The van der Waals surface area contributed by atoms with E-state index in [4.69, 9.17) is 18.8 Å². The lowest BCUT2D eigenvalue weighted by Crippen LogP contribution is -2.65. The van der Waals surface area contributed by atoms with Crippen LogP contribution in [-0.2, 0) is 25.3 Å². The summed E-state index contributed by atoms with van der Waals surface area (Å²) in [7, 11) is 0.607. The lowest BCUT2D eigenvalue weighted by Gasteiger charge is -2.64. The predicted molar refractivity (Wildman–Crippen MR) is 139 cm³/mol. The molecule has 3 saturated carbocycles. The molecule has 1 amide bonds. The number of nitrogens with one attached hydrogen (secondary N) is 1. The highest BCUT2D eigenvalue weighted by molar-refractivity contribution is 6.48. The summed E-state index contributed by atoms with van der Waals surface area (Å²) in [4.78, 5) is 25.5. The molecule has 2 bridgehead atoms. The molecule has 0 spiro atoms. The van der Waals surface area contributed by atoms with Gasteiger partial charge in [-0.25, -0.2) is 13.6 Å². The largest absolute Gasteiger partial charge is 0.496 e. The molecule has 210 valence electrons. The lowest BCUT2D eigenvalue weighted by molar-refractivity contribution is -0.199. The highest BCUT2D eigenvalue weighted by atomic mass is 19.3. The van der Waals surface area contributed by atoms with Gasteiger partial charge in [-0.2, -0.15) is 0 Å². The lowest BCUT2D eigenvalue weighted by atomic mass is 9.43. The van der Waals surface area contributed by atoms with Crippen molar-refractivity contribution in [1.29, 1.82) is 0 Å². The molecule has 1 saturated heterocycles. The standard InChI is InChI=1S/C28H40BF2NO6/c1-25(2,3)36-24(34)18-11-9-10-16(23(18)35-8)12-21(32-22(33)15-27(6,30)31)29-37-20-14-17-13-19(26(17,4)5)28(20,7)38-29/h9-11,17,19-21H,12-15H2,1-8H3,(H,32,33). The molecule has 1 aromatic rings. The number of rotatable bonds is 8. The summed E-state index contributed by atoms with van der Waals surface area (Å²) in [6.45, 7) is 12.6. The molecule has 5 atom stereocenters. The number of amides is 1. The number of hydrogen-bond acceptors (Lipinski definition) is 6. The first-order valence-corrected chi connectivity index (χ1v) is 13.3. The van der Waals surface area contributed by atoms with Gasteiger partial charge in [-0.05, 0) is 82.8 Å². The van der Waals surface area contributed by atoms with Gasteiger partial charge in [-0.3, -0.25) is 4.79 Å². The van der Waals surface area contributed by atoms with E-state index in [1.54, 1.807) is 39.0 Å². The molecule has 0 aromatic heterocycles. The molecule has 38 heavy (non-hydrogen) atoms. The number of benzene rings is 1. The van der Waals surface area contributed by atoms with E-state index >= 15 is 0 Å². The van der Waals surface area contributed by atoms with Crippen molar-refractivity contribution < 1.29 is 37.2 Å². The van der Waals surface area contributed by atoms with Crippen LogP contribution in [0.4, 0.5) is 8.78 Å². The van der Waals surface area contributed by atoms with Crippen LogP contribution in [0, 0.1) is 17.3 Å². The van der Waals surface area contributed by atoms with Crippen molar-refractivity contribution in [2.45, 2.75) is 103 Å². The van der Waals surface area contributed by atoms with E-state index in [0.29, 0.717) is 30.1 Å². The van der Waals surface area contributed by atoms with Gasteiger partial charge in [0.05, 0.1) is 31.2 Å². The molecule has 5 unspecified atom stereocenters. The third-order valence-corrected chi connectivity index (χ3v) is 8.47. The highest BCUT2D eigenvalue weighted by Crippen LogP contribution is 2.65. The zero-order valence-electron chi connectivity index (χ0n) is 23.7. The number of esters is 1. The first-order chi connectivity index (χ1) is 17.4. The van der Waals surface area contributed by atoms with E-state index < -0.39 is 48.5 Å². The fourth-order valence-corrected chi connectivity index (χ4v) is 6.54. The summed E-state index contributed by atoms with van der Waals surface area (Å²) in [5.74, 6) is -4.17. The Bertz CT molecular complexity index is 1080. The van der Waals surface area contributed by atoms with Crippen LogP contribution in [0.5, 0.6) is 5.75 Å². The monoisotopic (exact) mass is 535 g/mol. The van der Waals surface area contributed by atoms with Crippen molar-refractivity contribution in [2.75, 3.05) is 7.11 Å². The molecule has 0 radical (unpaired) electrons. The molecule has 4 fully saturated rings. The second-order valence-corrected chi connectivity index (χ2v) is 13.0. The maximum absolute atomic E-state index is 13.7. The third-order valence-electron chi connectivity index (χ3n) is 8.47. The van der Waals surface area contributed by atoms with Gasteiger partial charge in [0.2, 0.25) is 5.91 Å². The van der Waals surface area contributed by atoms with Crippen molar-refractivity contribution in [1.82, 2.24) is 5.32 Å². The molecular weight excluding hydrogens is 495 g/mol. The number of ether oxygens (including phenoxy) is 2. The second-order valence-electron chi connectivity index (χ2n) is 13.0.